The van der Waals surface area contributed by atoms with Gasteiger partial charge in [-0.05, 0) is 12.5 Å². The molecule has 3 nitrogen and oxygen atoms in total. The van der Waals surface area contributed by atoms with Crippen molar-refractivity contribution < 1.29 is 13.0 Å². The van der Waals surface area contributed by atoms with Gasteiger partial charge in [-0.25, -0.2) is 0 Å². The minimum atomic E-state index is -3.97. The number of rotatable bonds is 2. The second kappa shape index (κ2) is 5.65. The van der Waals surface area contributed by atoms with Gasteiger partial charge in [-0.1, -0.05) is 12.7 Å². The van der Waals surface area contributed by atoms with Crippen molar-refractivity contribution in [3.63, 3.8) is 0 Å². The zero-order chi connectivity index (χ0) is 7.49. The summed E-state index contributed by atoms with van der Waals surface area (Å²) in [5.74, 6) is 0. The average Bonchev–Trinajstić information content (AvgIpc) is 1.62. The first-order chi connectivity index (χ1) is 3.95. The van der Waals surface area contributed by atoms with E-state index in [1.54, 1.807) is 0 Å². The van der Waals surface area contributed by atoms with Gasteiger partial charge in [0.15, 0.2) is 0 Å². The molecule has 0 radical (unpaired) electrons. The Hall–Kier alpha value is 1.03. The van der Waals surface area contributed by atoms with E-state index in [4.69, 9.17) is 4.55 Å². The second-order valence-corrected chi connectivity index (χ2v) is 2.85. The zero-order valence-electron chi connectivity index (χ0n) is 5.03. The summed E-state index contributed by atoms with van der Waals surface area (Å²) in [6, 6.07) is 0. The maximum atomic E-state index is 10.0. The zero-order valence-corrected chi connectivity index (χ0v) is 5.85. The summed E-state index contributed by atoms with van der Waals surface area (Å²) in [7, 11) is -3.97. The van der Waals surface area contributed by atoms with Crippen LogP contribution < -0.4 is 0 Å². The van der Waals surface area contributed by atoms with Crippen molar-refractivity contribution in [1.82, 2.24) is 0 Å². The van der Waals surface area contributed by atoms with Crippen LogP contribution in [0.5, 0.6) is 0 Å². The molecule has 54 valence electrons. The van der Waals surface area contributed by atoms with Crippen LogP contribution in [0.15, 0.2) is 23.6 Å². The van der Waals surface area contributed by atoms with Crippen molar-refractivity contribution in [2.75, 3.05) is 0 Å². The van der Waals surface area contributed by atoms with Crippen LogP contribution in [-0.4, -0.2) is 64.4 Å². The molecule has 0 unspecified atom stereocenters. The first kappa shape index (κ1) is 13.6. The van der Waals surface area contributed by atoms with Crippen LogP contribution in [0.25, 0.3) is 0 Å². The van der Waals surface area contributed by atoms with Gasteiger partial charge in [-0.3, -0.25) is 4.55 Å². The monoisotopic (exact) mass is 188 g/mol. The van der Waals surface area contributed by atoms with Crippen molar-refractivity contribution in [3.05, 3.63) is 23.6 Å². The fraction of sp³-hybridized carbons (Fsp3) is 0.200. The Morgan fingerprint density at radius 1 is 1.60 bits per heavy atom. The molecule has 0 saturated carbocycles. The number of hydrogen-bond acceptors (Lipinski definition) is 2. The molecular weight excluding hydrogens is 179 g/mol. The fourth-order valence-electron chi connectivity index (χ4n) is 0.283. The fourth-order valence-corrected chi connectivity index (χ4v) is 0.849. The first-order valence-corrected chi connectivity index (χ1v) is 3.74. The second-order valence-electron chi connectivity index (χ2n) is 1.58. The summed E-state index contributed by atoms with van der Waals surface area (Å²) in [4.78, 5) is 0. The first-order valence-electron chi connectivity index (χ1n) is 2.24. The molecule has 0 saturated heterocycles. The Kier molecular flexibility index (Phi) is 7.68. The van der Waals surface area contributed by atoms with E-state index < -0.39 is 10.1 Å². The van der Waals surface area contributed by atoms with Gasteiger partial charge in [-0.15, -0.1) is 0 Å². The van der Waals surface area contributed by atoms with Crippen LogP contribution in [0, 0.1) is 0 Å². The molecule has 0 spiro atoms. The molecule has 0 amide bonds. The van der Waals surface area contributed by atoms with Gasteiger partial charge in [0.1, 0.15) is 0 Å². The molecule has 0 aromatic heterocycles. The van der Waals surface area contributed by atoms with Crippen molar-refractivity contribution in [2.45, 2.75) is 6.92 Å². The van der Waals surface area contributed by atoms with E-state index in [1.807, 2.05) is 0 Å². The van der Waals surface area contributed by atoms with E-state index in [0.29, 0.717) is 5.57 Å². The molecule has 0 aliphatic carbocycles. The van der Waals surface area contributed by atoms with Gasteiger partial charge in [0, 0.05) is 0 Å². The van der Waals surface area contributed by atoms with Crippen molar-refractivity contribution >= 4 is 61.5 Å². The van der Waals surface area contributed by atoms with E-state index in [0.717, 1.165) is 5.41 Å². The molecule has 0 bridgehead atoms. The van der Waals surface area contributed by atoms with Gasteiger partial charge in [0.05, 0.1) is 5.41 Å². The Morgan fingerprint density at radius 3 is 2.10 bits per heavy atom. The minimum absolute atomic E-state index is 0. The Morgan fingerprint density at radius 2 is 2.00 bits per heavy atom. The molecule has 0 aromatic carbocycles. The predicted molar refractivity (Wildman–Crippen MR) is 42.7 cm³/mol. The van der Waals surface area contributed by atoms with Gasteiger partial charge in [-0.2, -0.15) is 8.42 Å². The summed E-state index contributed by atoms with van der Waals surface area (Å²) in [6.45, 7) is 4.83. The maximum absolute atomic E-state index is 10.0. The SMILES string of the molecule is C=CC(C)=CS(=O)(=O)O.[KH]. The van der Waals surface area contributed by atoms with Crippen LogP contribution in [-0.2, 0) is 10.1 Å². The summed E-state index contributed by atoms with van der Waals surface area (Å²) in [5, 5.41) is 0.736. The quantitative estimate of drug-likeness (QED) is 0.385. The Labute approximate surface area is 103 Å². The third-order valence-electron chi connectivity index (χ3n) is 0.657. The topological polar surface area (TPSA) is 54.4 Å². The third kappa shape index (κ3) is 9.03. The van der Waals surface area contributed by atoms with E-state index in [9.17, 15) is 8.42 Å². The number of hydrogen-bond donors (Lipinski definition) is 1. The van der Waals surface area contributed by atoms with Crippen LogP contribution in [0.1, 0.15) is 6.92 Å². The normalized spacial score (nSPS) is 12.0. The summed E-state index contributed by atoms with van der Waals surface area (Å²) in [6.07, 6.45) is 1.34. The standard InChI is InChI=1S/C5H8O3S.K.H/c1-3-5(2)4-9(6,7)8;;/h3-4H,1H2,2H3,(H,6,7,8);;. The summed E-state index contributed by atoms with van der Waals surface area (Å²) < 4.78 is 28.2. The molecule has 0 aliphatic rings. The average molecular weight is 188 g/mol. The molecule has 0 fully saturated rings. The number of allylic oxidation sites excluding steroid dienone is 2. The Bertz CT molecular complexity index is 227. The van der Waals surface area contributed by atoms with Crippen LogP contribution in [0.3, 0.4) is 0 Å². The Balaban J connectivity index is 0. The van der Waals surface area contributed by atoms with Gasteiger partial charge >= 0.3 is 51.4 Å². The molecule has 0 atom stereocenters. The summed E-state index contributed by atoms with van der Waals surface area (Å²) in [5.41, 5.74) is 0.414. The van der Waals surface area contributed by atoms with E-state index >= 15 is 0 Å². The van der Waals surface area contributed by atoms with E-state index in [1.165, 1.54) is 13.0 Å². The van der Waals surface area contributed by atoms with Crippen molar-refractivity contribution in [2.24, 2.45) is 0 Å². The molecule has 1 N–H and O–H groups in total. The van der Waals surface area contributed by atoms with Gasteiger partial charge < -0.3 is 0 Å². The van der Waals surface area contributed by atoms with Crippen molar-refractivity contribution in [3.8, 4) is 0 Å². The van der Waals surface area contributed by atoms with Gasteiger partial charge in [0.25, 0.3) is 10.1 Å². The molecule has 0 aromatic rings. The molecule has 5 heteroatoms. The predicted octanol–water partition coefficient (Wildman–Crippen LogP) is 0.315. The van der Waals surface area contributed by atoms with E-state index in [-0.39, 0.29) is 51.4 Å². The van der Waals surface area contributed by atoms with Crippen molar-refractivity contribution in [1.29, 1.82) is 0 Å². The molecule has 0 aliphatic heterocycles. The molecular formula is C5H9KO3S. The summed E-state index contributed by atoms with van der Waals surface area (Å²) >= 11 is 0. The van der Waals surface area contributed by atoms with Crippen LogP contribution in [0.2, 0.25) is 0 Å². The van der Waals surface area contributed by atoms with Gasteiger partial charge in [0.2, 0.25) is 0 Å². The van der Waals surface area contributed by atoms with Crippen LogP contribution >= 0.6 is 0 Å². The van der Waals surface area contributed by atoms with E-state index in [2.05, 4.69) is 6.58 Å². The molecule has 10 heavy (non-hydrogen) atoms. The molecule has 0 heterocycles. The van der Waals surface area contributed by atoms with Crippen LogP contribution in [0.4, 0.5) is 0 Å². The molecule has 0 rings (SSSR count). The third-order valence-corrected chi connectivity index (χ3v) is 1.33.